The zero-order valence-electron chi connectivity index (χ0n) is 10.8. The van der Waals surface area contributed by atoms with E-state index < -0.39 is 0 Å². The second-order valence-corrected chi connectivity index (χ2v) is 6.55. The maximum absolute atomic E-state index is 12.0. The van der Waals surface area contributed by atoms with Gasteiger partial charge in [-0.1, -0.05) is 0 Å². The van der Waals surface area contributed by atoms with Crippen molar-refractivity contribution in [2.24, 2.45) is 35.3 Å². The fourth-order valence-electron chi connectivity index (χ4n) is 5.03. The molecule has 4 fully saturated rings. The molecule has 0 aromatic heterocycles. The Morgan fingerprint density at radius 2 is 1.72 bits per heavy atom. The molecule has 1 amide bonds. The molecule has 0 aromatic rings. The highest BCUT2D eigenvalue weighted by Crippen LogP contribution is 2.57. The van der Waals surface area contributed by atoms with E-state index in [0.29, 0.717) is 24.3 Å². The molecule has 4 aliphatic rings. The van der Waals surface area contributed by atoms with E-state index in [9.17, 15) is 4.79 Å². The Kier molecular flexibility index (Phi) is 3.32. The third-order valence-electron chi connectivity index (χ3n) is 5.43. The molecule has 0 saturated heterocycles. The van der Waals surface area contributed by atoms with Gasteiger partial charge in [-0.15, -0.1) is 0 Å². The van der Waals surface area contributed by atoms with E-state index in [4.69, 9.17) is 10.8 Å². The number of carbonyl (C=O) groups excluding carboxylic acids is 1. The molecular formula is C14H24N2O2. The molecule has 1 atom stereocenters. The van der Waals surface area contributed by atoms with Crippen LogP contribution in [0.3, 0.4) is 0 Å². The minimum atomic E-state index is -0.369. The summed E-state index contributed by atoms with van der Waals surface area (Å²) in [6, 6.07) is -0.369. The van der Waals surface area contributed by atoms with Crippen LogP contribution in [0.2, 0.25) is 0 Å². The SMILES string of the molecule is NC(C(=O)NCCO)C1C2CC3CC(C2)CC1C3. The molecule has 4 nitrogen and oxygen atoms in total. The number of carbonyl (C=O) groups is 1. The molecule has 4 N–H and O–H groups in total. The first-order valence-electron chi connectivity index (χ1n) is 7.33. The number of aliphatic hydroxyl groups is 1. The Bertz CT molecular complexity index is 304. The summed E-state index contributed by atoms with van der Waals surface area (Å²) in [4.78, 5) is 12.0. The Balaban J connectivity index is 1.67. The summed E-state index contributed by atoms with van der Waals surface area (Å²) in [5.74, 6) is 3.50. The van der Waals surface area contributed by atoms with Crippen LogP contribution >= 0.6 is 0 Å². The van der Waals surface area contributed by atoms with Crippen LogP contribution in [0.4, 0.5) is 0 Å². The van der Waals surface area contributed by atoms with Crippen LogP contribution < -0.4 is 11.1 Å². The second kappa shape index (κ2) is 4.82. The average molecular weight is 252 g/mol. The van der Waals surface area contributed by atoms with Gasteiger partial charge in [0.25, 0.3) is 0 Å². The van der Waals surface area contributed by atoms with Gasteiger partial charge in [0, 0.05) is 6.54 Å². The maximum atomic E-state index is 12.0. The predicted molar refractivity (Wildman–Crippen MR) is 68.6 cm³/mol. The molecule has 4 aliphatic carbocycles. The van der Waals surface area contributed by atoms with Crippen molar-refractivity contribution in [3.63, 3.8) is 0 Å². The lowest BCUT2D eigenvalue weighted by atomic mass is 9.50. The van der Waals surface area contributed by atoms with Gasteiger partial charge in [-0.2, -0.15) is 0 Å². The van der Waals surface area contributed by atoms with E-state index in [1.54, 1.807) is 0 Å². The molecule has 18 heavy (non-hydrogen) atoms. The highest BCUT2D eigenvalue weighted by atomic mass is 16.3. The quantitative estimate of drug-likeness (QED) is 0.682. The molecule has 4 bridgehead atoms. The fraction of sp³-hybridized carbons (Fsp3) is 0.929. The lowest BCUT2D eigenvalue weighted by Gasteiger charge is -2.55. The Labute approximate surface area is 108 Å². The number of hydrogen-bond donors (Lipinski definition) is 3. The summed E-state index contributed by atoms with van der Waals surface area (Å²) in [6.07, 6.45) is 6.58. The number of nitrogens with two attached hydrogens (primary N) is 1. The van der Waals surface area contributed by atoms with Crippen molar-refractivity contribution < 1.29 is 9.90 Å². The summed E-state index contributed by atoms with van der Waals surface area (Å²) in [5.41, 5.74) is 6.19. The van der Waals surface area contributed by atoms with Crippen molar-refractivity contribution in [3.05, 3.63) is 0 Å². The first-order valence-corrected chi connectivity index (χ1v) is 7.33. The number of amides is 1. The molecule has 4 heteroatoms. The highest BCUT2D eigenvalue weighted by molar-refractivity contribution is 5.81. The van der Waals surface area contributed by atoms with Crippen molar-refractivity contribution in [2.75, 3.05) is 13.2 Å². The number of nitrogens with one attached hydrogen (secondary N) is 1. The smallest absolute Gasteiger partial charge is 0.237 e. The van der Waals surface area contributed by atoms with Crippen molar-refractivity contribution in [3.8, 4) is 0 Å². The highest BCUT2D eigenvalue weighted by Gasteiger charge is 2.50. The van der Waals surface area contributed by atoms with E-state index in [0.717, 1.165) is 11.8 Å². The van der Waals surface area contributed by atoms with Gasteiger partial charge in [0.05, 0.1) is 12.6 Å². The zero-order valence-corrected chi connectivity index (χ0v) is 10.8. The van der Waals surface area contributed by atoms with Crippen molar-refractivity contribution >= 4 is 5.91 Å². The molecule has 4 rings (SSSR count). The Hall–Kier alpha value is -0.610. The monoisotopic (exact) mass is 252 g/mol. The standard InChI is InChI=1S/C14H24N2O2/c15-13(14(18)16-1-2-17)12-10-4-8-3-9(6-10)7-11(12)5-8/h8-13,17H,1-7,15H2,(H,16,18). The maximum Gasteiger partial charge on any atom is 0.237 e. The molecule has 102 valence electrons. The van der Waals surface area contributed by atoms with E-state index >= 15 is 0 Å². The van der Waals surface area contributed by atoms with Crippen molar-refractivity contribution in [2.45, 2.75) is 38.1 Å². The van der Waals surface area contributed by atoms with E-state index in [2.05, 4.69) is 5.32 Å². The van der Waals surface area contributed by atoms with Crippen LogP contribution in [-0.2, 0) is 4.79 Å². The summed E-state index contributed by atoms with van der Waals surface area (Å²) in [6.45, 7) is 0.306. The van der Waals surface area contributed by atoms with Crippen LogP contribution in [0.5, 0.6) is 0 Å². The van der Waals surface area contributed by atoms with Crippen LogP contribution in [0.25, 0.3) is 0 Å². The topological polar surface area (TPSA) is 75.4 Å². The average Bonchev–Trinajstić information content (AvgIpc) is 2.34. The van der Waals surface area contributed by atoms with Gasteiger partial charge < -0.3 is 16.2 Å². The molecule has 0 aromatic carbocycles. The van der Waals surface area contributed by atoms with Crippen molar-refractivity contribution in [1.29, 1.82) is 0 Å². The first-order chi connectivity index (χ1) is 8.69. The third-order valence-corrected chi connectivity index (χ3v) is 5.43. The normalized spacial score (nSPS) is 42.9. The summed E-state index contributed by atoms with van der Waals surface area (Å²) in [5, 5.41) is 11.5. The van der Waals surface area contributed by atoms with Crippen LogP contribution in [0.1, 0.15) is 32.1 Å². The van der Waals surface area contributed by atoms with Crippen LogP contribution in [0, 0.1) is 29.6 Å². The number of hydrogen-bond acceptors (Lipinski definition) is 3. The molecule has 0 spiro atoms. The molecule has 0 heterocycles. The summed E-state index contributed by atoms with van der Waals surface area (Å²) < 4.78 is 0. The van der Waals surface area contributed by atoms with Gasteiger partial charge in [0.1, 0.15) is 0 Å². The van der Waals surface area contributed by atoms with Gasteiger partial charge in [0.2, 0.25) is 5.91 Å². The lowest BCUT2D eigenvalue weighted by Crippen LogP contribution is -2.56. The Morgan fingerprint density at radius 1 is 1.17 bits per heavy atom. The number of rotatable bonds is 4. The Morgan fingerprint density at radius 3 is 2.22 bits per heavy atom. The van der Waals surface area contributed by atoms with E-state index in [1.165, 1.54) is 32.1 Å². The minimum Gasteiger partial charge on any atom is -0.395 e. The predicted octanol–water partition coefficient (Wildman–Crippen LogP) is 0.494. The van der Waals surface area contributed by atoms with Gasteiger partial charge in [0.15, 0.2) is 0 Å². The zero-order chi connectivity index (χ0) is 12.7. The van der Waals surface area contributed by atoms with Crippen molar-refractivity contribution in [1.82, 2.24) is 5.32 Å². The minimum absolute atomic E-state index is 0.0138. The molecule has 0 radical (unpaired) electrons. The van der Waals surface area contributed by atoms with E-state index in [1.807, 2.05) is 0 Å². The first kappa shape index (κ1) is 12.4. The second-order valence-electron chi connectivity index (χ2n) is 6.55. The number of aliphatic hydroxyl groups excluding tert-OH is 1. The van der Waals surface area contributed by atoms with Crippen LogP contribution in [0.15, 0.2) is 0 Å². The summed E-state index contributed by atoms with van der Waals surface area (Å²) in [7, 11) is 0. The lowest BCUT2D eigenvalue weighted by molar-refractivity contribution is -0.128. The van der Waals surface area contributed by atoms with E-state index in [-0.39, 0.29) is 18.6 Å². The van der Waals surface area contributed by atoms with Gasteiger partial charge in [-0.05, 0) is 61.7 Å². The van der Waals surface area contributed by atoms with Crippen LogP contribution in [-0.4, -0.2) is 30.2 Å². The summed E-state index contributed by atoms with van der Waals surface area (Å²) >= 11 is 0. The molecule has 1 unspecified atom stereocenters. The van der Waals surface area contributed by atoms with Gasteiger partial charge in [-0.25, -0.2) is 0 Å². The van der Waals surface area contributed by atoms with Gasteiger partial charge in [-0.3, -0.25) is 4.79 Å². The third kappa shape index (κ3) is 2.05. The molecule has 0 aliphatic heterocycles. The molecule has 4 saturated carbocycles. The largest absolute Gasteiger partial charge is 0.395 e. The molecular weight excluding hydrogens is 228 g/mol. The van der Waals surface area contributed by atoms with Gasteiger partial charge >= 0.3 is 0 Å². The fourth-order valence-corrected chi connectivity index (χ4v) is 5.03.